The van der Waals surface area contributed by atoms with Crippen LogP contribution in [0, 0.1) is 5.92 Å². The molecule has 0 fully saturated rings. The van der Waals surface area contributed by atoms with Crippen molar-refractivity contribution in [1.82, 2.24) is 0 Å². The third-order valence-electron chi connectivity index (χ3n) is 4.09. The van der Waals surface area contributed by atoms with Gasteiger partial charge in [0.15, 0.2) is 0 Å². The Morgan fingerprint density at radius 2 is 1.60 bits per heavy atom. The van der Waals surface area contributed by atoms with Gasteiger partial charge in [0.2, 0.25) is 0 Å². The van der Waals surface area contributed by atoms with E-state index >= 15 is 0 Å². The standard InChI is InChI=1S/C22H29NO2/c1-16(2)14-15-25-20-12-10-19(11-13-20)23-21(24)17-6-8-18(9-7-17)22(3,4)5/h6-13,16H,14-15H2,1-5H3,(H,23,24). The van der Waals surface area contributed by atoms with Crippen molar-refractivity contribution in [3.8, 4) is 5.75 Å². The van der Waals surface area contributed by atoms with Gasteiger partial charge in [0.05, 0.1) is 6.61 Å². The van der Waals surface area contributed by atoms with Gasteiger partial charge in [-0.05, 0) is 59.7 Å². The first kappa shape index (κ1) is 19.0. The molecule has 2 aromatic rings. The SMILES string of the molecule is CC(C)CCOc1ccc(NC(=O)c2ccc(C(C)(C)C)cc2)cc1. The van der Waals surface area contributed by atoms with Gasteiger partial charge < -0.3 is 10.1 Å². The molecular formula is C22H29NO2. The molecule has 2 aromatic carbocycles. The summed E-state index contributed by atoms with van der Waals surface area (Å²) in [5.41, 5.74) is 2.72. The van der Waals surface area contributed by atoms with Crippen molar-refractivity contribution >= 4 is 11.6 Å². The zero-order valence-corrected chi connectivity index (χ0v) is 15.9. The molecule has 0 unspecified atom stereocenters. The van der Waals surface area contributed by atoms with E-state index in [1.54, 1.807) is 0 Å². The molecule has 0 aliphatic carbocycles. The Morgan fingerprint density at radius 1 is 1.00 bits per heavy atom. The Morgan fingerprint density at radius 3 is 2.12 bits per heavy atom. The Bertz CT molecular complexity index is 679. The average Bonchev–Trinajstić information content (AvgIpc) is 2.55. The van der Waals surface area contributed by atoms with Gasteiger partial charge in [0, 0.05) is 11.3 Å². The monoisotopic (exact) mass is 339 g/mol. The topological polar surface area (TPSA) is 38.3 Å². The Kier molecular flexibility index (Phi) is 6.24. The number of ether oxygens (including phenoxy) is 1. The van der Waals surface area contributed by atoms with E-state index in [1.165, 1.54) is 5.56 Å². The maximum absolute atomic E-state index is 12.4. The molecule has 2 rings (SSSR count). The number of rotatable bonds is 6. The second kappa shape index (κ2) is 8.19. The summed E-state index contributed by atoms with van der Waals surface area (Å²) in [6.07, 6.45) is 1.03. The molecule has 0 saturated carbocycles. The summed E-state index contributed by atoms with van der Waals surface area (Å²) in [4.78, 5) is 12.4. The molecule has 1 amide bonds. The van der Waals surface area contributed by atoms with Crippen LogP contribution in [0.15, 0.2) is 48.5 Å². The quantitative estimate of drug-likeness (QED) is 0.737. The van der Waals surface area contributed by atoms with Crippen LogP contribution in [0.5, 0.6) is 5.75 Å². The highest BCUT2D eigenvalue weighted by atomic mass is 16.5. The molecule has 25 heavy (non-hydrogen) atoms. The molecule has 0 bridgehead atoms. The minimum atomic E-state index is -0.103. The second-order valence-electron chi connectivity index (χ2n) is 7.84. The zero-order valence-electron chi connectivity index (χ0n) is 15.9. The molecule has 134 valence electrons. The fourth-order valence-electron chi connectivity index (χ4n) is 2.37. The number of anilines is 1. The Labute approximate surface area is 151 Å². The minimum Gasteiger partial charge on any atom is -0.494 e. The highest BCUT2D eigenvalue weighted by Gasteiger charge is 2.14. The predicted octanol–water partition coefficient (Wildman–Crippen LogP) is 5.66. The molecule has 3 heteroatoms. The van der Waals surface area contributed by atoms with E-state index in [2.05, 4.69) is 39.9 Å². The normalized spacial score (nSPS) is 11.4. The van der Waals surface area contributed by atoms with Crippen LogP contribution in [0.2, 0.25) is 0 Å². The number of benzene rings is 2. The van der Waals surface area contributed by atoms with Gasteiger partial charge in [-0.1, -0.05) is 46.8 Å². The Hall–Kier alpha value is -2.29. The van der Waals surface area contributed by atoms with E-state index in [0.29, 0.717) is 18.1 Å². The molecule has 0 atom stereocenters. The number of amides is 1. The number of hydrogen-bond donors (Lipinski definition) is 1. The molecule has 0 aliphatic heterocycles. The lowest BCUT2D eigenvalue weighted by Crippen LogP contribution is -2.14. The van der Waals surface area contributed by atoms with Gasteiger partial charge in [0.25, 0.3) is 5.91 Å². The van der Waals surface area contributed by atoms with Crippen molar-refractivity contribution < 1.29 is 9.53 Å². The number of carbonyl (C=O) groups is 1. The van der Waals surface area contributed by atoms with Crippen LogP contribution in [0.1, 0.15) is 57.0 Å². The third-order valence-corrected chi connectivity index (χ3v) is 4.09. The molecule has 0 spiro atoms. The lowest BCUT2D eigenvalue weighted by Gasteiger charge is -2.19. The smallest absolute Gasteiger partial charge is 0.255 e. The molecule has 3 nitrogen and oxygen atoms in total. The van der Waals surface area contributed by atoms with E-state index in [4.69, 9.17) is 4.74 Å². The van der Waals surface area contributed by atoms with E-state index < -0.39 is 0 Å². The average molecular weight is 339 g/mol. The van der Waals surface area contributed by atoms with Crippen LogP contribution in [0.3, 0.4) is 0 Å². The number of hydrogen-bond acceptors (Lipinski definition) is 2. The van der Waals surface area contributed by atoms with Crippen molar-refractivity contribution in [2.75, 3.05) is 11.9 Å². The summed E-state index contributed by atoms with van der Waals surface area (Å²) in [7, 11) is 0. The minimum absolute atomic E-state index is 0.0837. The van der Waals surface area contributed by atoms with Crippen molar-refractivity contribution in [2.45, 2.75) is 46.5 Å². The van der Waals surface area contributed by atoms with Crippen LogP contribution in [0.4, 0.5) is 5.69 Å². The van der Waals surface area contributed by atoms with E-state index in [1.807, 2.05) is 48.5 Å². The molecule has 0 heterocycles. The van der Waals surface area contributed by atoms with Gasteiger partial charge in [-0.15, -0.1) is 0 Å². The van der Waals surface area contributed by atoms with Crippen LogP contribution in [0.25, 0.3) is 0 Å². The third kappa shape index (κ3) is 5.93. The van der Waals surface area contributed by atoms with E-state index in [9.17, 15) is 4.79 Å². The summed E-state index contributed by atoms with van der Waals surface area (Å²) in [6, 6.07) is 15.3. The van der Waals surface area contributed by atoms with Crippen molar-refractivity contribution in [2.24, 2.45) is 5.92 Å². The first-order valence-corrected chi connectivity index (χ1v) is 8.90. The van der Waals surface area contributed by atoms with Gasteiger partial charge in [-0.2, -0.15) is 0 Å². The van der Waals surface area contributed by atoms with Crippen LogP contribution in [-0.2, 0) is 5.41 Å². The van der Waals surface area contributed by atoms with Crippen LogP contribution < -0.4 is 10.1 Å². The largest absolute Gasteiger partial charge is 0.494 e. The summed E-state index contributed by atoms with van der Waals surface area (Å²) >= 11 is 0. The fraction of sp³-hybridized carbons (Fsp3) is 0.409. The van der Waals surface area contributed by atoms with Gasteiger partial charge in [0.1, 0.15) is 5.75 Å². The van der Waals surface area contributed by atoms with Gasteiger partial charge >= 0.3 is 0 Å². The summed E-state index contributed by atoms with van der Waals surface area (Å²) in [5, 5.41) is 2.92. The fourth-order valence-corrected chi connectivity index (χ4v) is 2.37. The molecule has 0 aromatic heterocycles. The first-order chi connectivity index (χ1) is 11.8. The number of nitrogens with one attached hydrogen (secondary N) is 1. The van der Waals surface area contributed by atoms with Crippen molar-refractivity contribution in [1.29, 1.82) is 0 Å². The molecule has 0 radical (unpaired) electrons. The second-order valence-corrected chi connectivity index (χ2v) is 7.84. The first-order valence-electron chi connectivity index (χ1n) is 8.90. The maximum Gasteiger partial charge on any atom is 0.255 e. The molecule has 1 N–H and O–H groups in total. The zero-order chi connectivity index (χ0) is 18.4. The van der Waals surface area contributed by atoms with Crippen molar-refractivity contribution in [3.63, 3.8) is 0 Å². The summed E-state index contributed by atoms with van der Waals surface area (Å²) in [6.45, 7) is 11.5. The molecule has 0 saturated heterocycles. The highest BCUT2D eigenvalue weighted by molar-refractivity contribution is 6.04. The number of carbonyl (C=O) groups excluding carboxylic acids is 1. The summed E-state index contributed by atoms with van der Waals surface area (Å²) < 4.78 is 5.69. The molecule has 0 aliphatic rings. The van der Waals surface area contributed by atoms with Crippen LogP contribution >= 0.6 is 0 Å². The lowest BCUT2D eigenvalue weighted by molar-refractivity contribution is 0.102. The highest BCUT2D eigenvalue weighted by Crippen LogP contribution is 2.23. The van der Waals surface area contributed by atoms with E-state index in [-0.39, 0.29) is 11.3 Å². The lowest BCUT2D eigenvalue weighted by atomic mass is 9.87. The molecular weight excluding hydrogens is 310 g/mol. The summed E-state index contributed by atoms with van der Waals surface area (Å²) in [5.74, 6) is 1.35. The Balaban J connectivity index is 1.94. The maximum atomic E-state index is 12.4. The van der Waals surface area contributed by atoms with Crippen LogP contribution in [-0.4, -0.2) is 12.5 Å². The predicted molar refractivity (Wildman–Crippen MR) is 104 cm³/mol. The van der Waals surface area contributed by atoms with Crippen molar-refractivity contribution in [3.05, 3.63) is 59.7 Å². The van der Waals surface area contributed by atoms with Gasteiger partial charge in [-0.3, -0.25) is 4.79 Å². The van der Waals surface area contributed by atoms with E-state index in [0.717, 1.165) is 17.9 Å². The van der Waals surface area contributed by atoms with Gasteiger partial charge in [-0.25, -0.2) is 0 Å².